The molecule has 3 N–H and O–H groups in total. The van der Waals surface area contributed by atoms with E-state index in [0.29, 0.717) is 31.6 Å². The third kappa shape index (κ3) is 68.4. The molecule has 0 bridgehead atoms. The molecule has 0 radical (unpaired) electrons. The number of phosphoric acid groups is 2. The summed E-state index contributed by atoms with van der Waals surface area (Å²) in [7, 11) is -9.91. The van der Waals surface area contributed by atoms with Gasteiger partial charge < -0.3 is 33.8 Å². The molecule has 0 fully saturated rings. The minimum Gasteiger partial charge on any atom is -0.462 e. The molecule has 93 heavy (non-hydrogen) atoms. The summed E-state index contributed by atoms with van der Waals surface area (Å²) in [4.78, 5) is 72.7. The molecule has 0 aliphatic carbocycles. The van der Waals surface area contributed by atoms with Gasteiger partial charge in [0.15, 0.2) is 12.2 Å². The van der Waals surface area contributed by atoms with Crippen LogP contribution in [0.5, 0.6) is 0 Å². The fourth-order valence-corrected chi connectivity index (χ4v) is 12.8. The van der Waals surface area contributed by atoms with Crippen molar-refractivity contribution in [3.63, 3.8) is 0 Å². The van der Waals surface area contributed by atoms with Crippen molar-refractivity contribution in [2.75, 3.05) is 39.6 Å². The number of carbonyl (C=O) groups excluding carboxylic acids is 4. The Hall–Kier alpha value is -1.94. The van der Waals surface area contributed by atoms with Crippen molar-refractivity contribution >= 4 is 39.5 Å². The maximum atomic E-state index is 13.0. The van der Waals surface area contributed by atoms with Crippen LogP contribution < -0.4 is 0 Å². The summed E-state index contributed by atoms with van der Waals surface area (Å²) in [6.07, 6.45) is 47.3. The Bertz CT molecular complexity index is 1830. The zero-order valence-corrected chi connectivity index (χ0v) is 62.7. The molecule has 19 heteroatoms. The van der Waals surface area contributed by atoms with Crippen LogP contribution in [0.15, 0.2) is 0 Å². The summed E-state index contributed by atoms with van der Waals surface area (Å²) >= 11 is 0. The number of esters is 4. The highest BCUT2D eigenvalue weighted by Crippen LogP contribution is 2.45. The van der Waals surface area contributed by atoms with E-state index in [-0.39, 0.29) is 25.7 Å². The Balaban J connectivity index is 5.22. The molecule has 0 amide bonds. The quantitative estimate of drug-likeness (QED) is 0.0222. The zero-order chi connectivity index (χ0) is 68.9. The molecule has 0 heterocycles. The van der Waals surface area contributed by atoms with Gasteiger partial charge in [0.1, 0.15) is 19.3 Å². The van der Waals surface area contributed by atoms with Gasteiger partial charge in [0.25, 0.3) is 0 Å². The summed E-state index contributed by atoms with van der Waals surface area (Å²) in [6, 6.07) is 0. The number of hydrogen-bond acceptors (Lipinski definition) is 15. The number of aliphatic hydroxyl groups excluding tert-OH is 1. The van der Waals surface area contributed by atoms with E-state index in [0.717, 1.165) is 114 Å². The van der Waals surface area contributed by atoms with E-state index in [1.165, 1.54) is 167 Å². The molecule has 17 nitrogen and oxygen atoms in total. The molecule has 0 aromatic carbocycles. The third-order valence-electron chi connectivity index (χ3n) is 17.1. The Morgan fingerprint density at radius 1 is 0.269 bits per heavy atom. The molecule has 3 unspecified atom stereocenters. The van der Waals surface area contributed by atoms with Crippen LogP contribution in [0.2, 0.25) is 0 Å². The summed E-state index contributed by atoms with van der Waals surface area (Å²) < 4.78 is 68.4. The highest BCUT2D eigenvalue weighted by atomic mass is 31.2. The van der Waals surface area contributed by atoms with Gasteiger partial charge in [-0.05, 0) is 49.4 Å². The van der Waals surface area contributed by atoms with Gasteiger partial charge in [0.05, 0.1) is 26.4 Å². The van der Waals surface area contributed by atoms with Crippen LogP contribution in [0.1, 0.15) is 370 Å². The van der Waals surface area contributed by atoms with E-state index in [4.69, 9.17) is 37.0 Å². The van der Waals surface area contributed by atoms with Crippen molar-refractivity contribution in [2.45, 2.75) is 388 Å². The fraction of sp³-hybridized carbons (Fsp3) is 0.946. The summed E-state index contributed by atoms with van der Waals surface area (Å²) in [5.74, 6) is 0.867. The van der Waals surface area contributed by atoms with Crippen molar-refractivity contribution in [2.24, 2.45) is 23.7 Å². The van der Waals surface area contributed by atoms with Crippen molar-refractivity contribution < 1.29 is 80.2 Å². The molecule has 5 atom stereocenters. The van der Waals surface area contributed by atoms with Crippen LogP contribution in [-0.4, -0.2) is 96.7 Å². The van der Waals surface area contributed by atoms with E-state index in [9.17, 15) is 43.2 Å². The van der Waals surface area contributed by atoms with E-state index < -0.39 is 97.5 Å². The standard InChI is InChI=1S/C74H144O17P2/c1-64(2)50-42-34-26-20-15-11-9-10-12-18-24-30-40-48-56-73(78)91-70(61-85-72(77)55-47-39-33-32-37-45-53-67(7)8)63-89-93(82,83)87-59-68(75)58-86-92(80,81)88-62-69(90-74(79)57-49-41-31-25-19-22-28-36-44-52-66(5)6)60-84-71(76)54-46-38-29-23-17-14-13-16-21-27-35-43-51-65(3)4/h64-70,75H,9-63H2,1-8H3,(H,80,81)(H,82,83)/t68?,69-,70-/m1/s1. The van der Waals surface area contributed by atoms with Gasteiger partial charge in [-0.25, -0.2) is 9.13 Å². The number of aliphatic hydroxyl groups is 1. The maximum Gasteiger partial charge on any atom is 0.472 e. The first-order chi connectivity index (χ1) is 44.6. The van der Waals surface area contributed by atoms with Crippen LogP contribution in [0, 0.1) is 23.7 Å². The van der Waals surface area contributed by atoms with Gasteiger partial charge in [-0.2, -0.15) is 0 Å². The molecule has 0 aromatic heterocycles. The van der Waals surface area contributed by atoms with Gasteiger partial charge in [0.2, 0.25) is 0 Å². The molecule has 0 saturated heterocycles. The fourth-order valence-electron chi connectivity index (χ4n) is 11.2. The van der Waals surface area contributed by atoms with Crippen molar-refractivity contribution in [1.82, 2.24) is 0 Å². The molecule has 0 aliphatic heterocycles. The molecule has 0 rings (SSSR count). The number of hydrogen-bond donors (Lipinski definition) is 3. The van der Waals surface area contributed by atoms with Crippen LogP contribution >= 0.6 is 15.6 Å². The monoisotopic (exact) mass is 1370 g/mol. The molecule has 0 spiro atoms. The van der Waals surface area contributed by atoms with Gasteiger partial charge >= 0.3 is 39.5 Å². The van der Waals surface area contributed by atoms with E-state index in [2.05, 4.69) is 55.4 Å². The van der Waals surface area contributed by atoms with Crippen LogP contribution in [0.4, 0.5) is 0 Å². The Morgan fingerprint density at radius 2 is 0.452 bits per heavy atom. The Kier molecular flexibility index (Phi) is 62.2. The highest BCUT2D eigenvalue weighted by Gasteiger charge is 2.30. The lowest BCUT2D eigenvalue weighted by molar-refractivity contribution is -0.161. The van der Waals surface area contributed by atoms with E-state index in [1.54, 1.807) is 0 Å². The van der Waals surface area contributed by atoms with Gasteiger partial charge in [0, 0.05) is 25.7 Å². The SMILES string of the molecule is CC(C)CCCCCCCCCCCCCCCCC(=O)O[C@H](COC(=O)CCCCCCCCC(C)C)COP(=O)(O)OCC(O)COP(=O)(O)OC[C@@H](COC(=O)CCCCCCCCCCCCCCC(C)C)OC(=O)CCCCCCCCCCCC(C)C. The summed E-state index contributed by atoms with van der Waals surface area (Å²) in [5.41, 5.74) is 0. The molecular formula is C74H144O17P2. The highest BCUT2D eigenvalue weighted by molar-refractivity contribution is 7.47. The average Bonchev–Trinajstić information content (AvgIpc) is 2.71. The van der Waals surface area contributed by atoms with E-state index in [1.807, 2.05) is 0 Å². The van der Waals surface area contributed by atoms with Crippen LogP contribution in [0.3, 0.4) is 0 Å². The number of unbranched alkanes of at least 4 members (excludes halogenated alkanes) is 37. The van der Waals surface area contributed by atoms with Crippen LogP contribution in [0.25, 0.3) is 0 Å². The lowest BCUT2D eigenvalue weighted by Crippen LogP contribution is -2.30. The zero-order valence-electron chi connectivity index (χ0n) is 60.9. The van der Waals surface area contributed by atoms with Gasteiger partial charge in [-0.3, -0.25) is 37.3 Å². The molecule has 552 valence electrons. The van der Waals surface area contributed by atoms with Gasteiger partial charge in [-0.15, -0.1) is 0 Å². The largest absolute Gasteiger partial charge is 0.472 e. The third-order valence-corrected chi connectivity index (χ3v) is 19.0. The Labute approximate surface area is 568 Å². The maximum absolute atomic E-state index is 13.0. The normalized spacial score (nSPS) is 14.2. The summed E-state index contributed by atoms with van der Waals surface area (Å²) in [6.45, 7) is 14.1. The van der Waals surface area contributed by atoms with Gasteiger partial charge in [-0.1, -0.05) is 319 Å². The minimum atomic E-state index is -4.95. The molecule has 0 aliphatic rings. The summed E-state index contributed by atoms with van der Waals surface area (Å²) in [5, 5.41) is 10.6. The first kappa shape index (κ1) is 91.1. The number of ether oxygens (including phenoxy) is 4. The number of rotatable bonds is 71. The second-order valence-electron chi connectivity index (χ2n) is 28.6. The van der Waals surface area contributed by atoms with E-state index >= 15 is 0 Å². The van der Waals surface area contributed by atoms with Crippen molar-refractivity contribution in [1.29, 1.82) is 0 Å². The lowest BCUT2D eigenvalue weighted by atomic mass is 10.0. The topological polar surface area (TPSA) is 237 Å². The Morgan fingerprint density at radius 3 is 0.667 bits per heavy atom. The first-order valence-electron chi connectivity index (χ1n) is 38.2. The number of phosphoric ester groups is 2. The predicted octanol–water partition coefficient (Wildman–Crippen LogP) is 21.3. The smallest absolute Gasteiger partial charge is 0.462 e. The van der Waals surface area contributed by atoms with Crippen molar-refractivity contribution in [3.05, 3.63) is 0 Å². The number of carbonyl (C=O) groups is 4. The average molecular weight is 1370 g/mol. The van der Waals surface area contributed by atoms with Crippen molar-refractivity contribution in [3.8, 4) is 0 Å². The van der Waals surface area contributed by atoms with Crippen LogP contribution in [-0.2, 0) is 65.4 Å². The second kappa shape index (κ2) is 63.5. The predicted molar refractivity (Wildman–Crippen MR) is 377 cm³/mol. The molecule has 0 aromatic rings. The lowest BCUT2D eigenvalue weighted by Gasteiger charge is -2.21. The second-order valence-corrected chi connectivity index (χ2v) is 31.5. The first-order valence-corrected chi connectivity index (χ1v) is 41.2. The molecule has 0 saturated carbocycles. The minimum absolute atomic E-state index is 0.105. The molecular weight excluding hydrogens is 1220 g/mol.